The fraction of sp³-hybridized carbons (Fsp3) is 0.480. The lowest BCUT2D eigenvalue weighted by atomic mass is 9.85. The van der Waals surface area contributed by atoms with Gasteiger partial charge in [0.05, 0.1) is 19.6 Å². The molecule has 1 aliphatic rings. The molecule has 1 aromatic heterocycles. The number of aliphatic carboxylic acids is 1. The zero-order valence-electron chi connectivity index (χ0n) is 18.9. The van der Waals surface area contributed by atoms with Crippen LogP contribution >= 0.6 is 0 Å². The molecule has 2 heterocycles. The van der Waals surface area contributed by atoms with E-state index in [9.17, 15) is 14.7 Å². The van der Waals surface area contributed by atoms with E-state index in [0.717, 1.165) is 31.2 Å². The molecule has 172 valence electrons. The number of ether oxygens (including phenoxy) is 2. The number of hydrogen-bond acceptors (Lipinski definition) is 5. The van der Waals surface area contributed by atoms with E-state index < -0.39 is 11.4 Å². The van der Waals surface area contributed by atoms with Gasteiger partial charge in [-0.05, 0) is 36.5 Å². The molecule has 1 N–H and O–H groups in total. The average Bonchev–Trinajstić information content (AvgIpc) is 2.72. The maximum Gasteiger partial charge on any atom is 0.303 e. The SMILES string of the molecule is CC(C)(CC(=O)O)CC(=O)N1CCCCCCOc2ccccc2Oc2ncccc2C1. The van der Waals surface area contributed by atoms with E-state index in [4.69, 9.17) is 9.47 Å². The fourth-order valence-electron chi connectivity index (χ4n) is 3.83. The number of benzene rings is 1. The van der Waals surface area contributed by atoms with E-state index in [-0.39, 0.29) is 18.7 Å². The second-order valence-electron chi connectivity index (χ2n) is 9.01. The Kier molecular flexibility index (Phi) is 8.09. The molecule has 0 bridgehead atoms. The summed E-state index contributed by atoms with van der Waals surface area (Å²) in [5, 5.41) is 9.18. The molecular weight excluding hydrogens is 408 g/mol. The lowest BCUT2D eigenvalue weighted by molar-refractivity contribution is -0.140. The highest BCUT2D eigenvalue weighted by atomic mass is 16.5. The summed E-state index contributed by atoms with van der Waals surface area (Å²) in [4.78, 5) is 30.6. The Labute approximate surface area is 189 Å². The zero-order chi connectivity index (χ0) is 23.0. The van der Waals surface area contributed by atoms with Gasteiger partial charge in [0.2, 0.25) is 11.8 Å². The van der Waals surface area contributed by atoms with Gasteiger partial charge in [0.15, 0.2) is 11.5 Å². The average molecular weight is 441 g/mol. The third-order valence-corrected chi connectivity index (χ3v) is 5.46. The Morgan fingerprint density at radius 3 is 2.56 bits per heavy atom. The molecule has 0 saturated heterocycles. The van der Waals surface area contributed by atoms with Gasteiger partial charge in [-0.25, -0.2) is 4.98 Å². The van der Waals surface area contributed by atoms with Crippen molar-refractivity contribution in [2.75, 3.05) is 13.2 Å². The number of carbonyl (C=O) groups excluding carboxylic acids is 1. The van der Waals surface area contributed by atoms with Crippen molar-refractivity contribution < 1.29 is 24.2 Å². The number of carbonyl (C=O) groups is 2. The van der Waals surface area contributed by atoms with Crippen molar-refractivity contribution in [3.05, 3.63) is 48.2 Å². The van der Waals surface area contributed by atoms with Crippen LogP contribution in [-0.4, -0.2) is 40.0 Å². The van der Waals surface area contributed by atoms with Crippen LogP contribution in [0.25, 0.3) is 0 Å². The standard InChI is InChI=1S/C25H32N2O5/c1-25(2,17-23(29)30)16-22(28)27-14-7-3-4-8-15-31-20-11-5-6-12-21(20)32-24-19(18-27)10-9-13-26-24/h5-6,9-13H,3-4,7-8,14-18H2,1-2H3,(H,29,30). The summed E-state index contributed by atoms with van der Waals surface area (Å²) in [5.74, 6) is 0.743. The highest BCUT2D eigenvalue weighted by Crippen LogP contribution is 2.33. The van der Waals surface area contributed by atoms with E-state index in [1.54, 1.807) is 6.20 Å². The molecule has 32 heavy (non-hydrogen) atoms. The van der Waals surface area contributed by atoms with Crippen LogP contribution in [0.4, 0.5) is 0 Å². The van der Waals surface area contributed by atoms with Crippen LogP contribution in [0.2, 0.25) is 0 Å². The number of para-hydroxylation sites is 2. The quantitative estimate of drug-likeness (QED) is 0.716. The van der Waals surface area contributed by atoms with E-state index in [1.165, 1.54) is 0 Å². The molecule has 0 fully saturated rings. The molecule has 0 saturated carbocycles. The molecule has 1 aliphatic heterocycles. The Morgan fingerprint density at radius 1 is 1.03 bits per heavy atom. The summed E-state index contributed by atoms with van der Waals surface area (Å²) in [5.41, 5.74) is 0.177. The van der Waals surface area contributed by atoms with Crippen molar-refractivity contribution in [1.82, 2.24) is 9.88 Å². The van der Waals surface area contributed by atoms with Crippen molar-refractivity contribution in [3.8, 4) is 17.4 Å². The number of hydrogen-bond donors (Lipinski definition) is 1. The Hall–Kier alpha value is -3.09. The normalized spacial score (nSPS) is 15.4. The number of pyridine rings is 1. The van der Waals surface area contributed by atoms with Crippen molar-refractivity contribution >= 4 is 11.9 Å². The maximum absolute atomic E-state index is 13.2. The minimum Gasteiger partial charge on any atom is -0.490 e. The van der Waals surface area contributed by atoms with Gasteiger partial charge in [-0.15, -0.1) is 0 Å². The predicted octanol–water partition coefficient (Wildman–Crippen LogP) is 5.05. The van der Waals surface area contributed by atoms with Gasteiger partial charge in [0.25, 0.3) is 0 Å². The molecule has 0 atom stereocenters. The molecule has 1 aromatic carbocycles. The highest BCUT2D eigenvalue weighted by molar-refractivity contribution is 5.78. The number of aromatic nitrogens is 1. The van der Waals surface area contributed by atoms with Gasteiger partial charge in [-0.3, -0.25) is 9.59 Å². The van der Waals surface area contributed by atoms with Gasteiger partial charge in [0, 0.05) is 24.7 Å². The lowest BCUT2D eigenvalue weighted by Gasteiger charge is -2.29. The molecule has 0 spiro atoms. The number of carboxylic acids is 1. The van der Waals surface area contributed by atoms with E-state index >= 15 is 0 Å². The van der Waals surface area contributed by atoms with Crippen molar-refractivity contribution in [2.45, 2.75) is 58.9 Å². The maximum atomic E-state index is 13.2. The molecule has 7 nitrogen and oxygen atoms in total. The largest absolute Gasteiger partial charge is 0.490 e. The van der Waals surface area contributed by atoms with Crippen LogP contribution in [0.3, 0.4) is 0 Å². The first-order valence-corrected chi connectivity index (χ1v) is 11.2. The first-order valence-electron chi connectivity index (χ1n) is 11.2. The van der Waals surface area contributed by atoms with Gasteiger partial charge >= 0.3 is 5.97 Å². The number of nitrogens with zero attached hydrogens (tertiary/aromatic N) is 2. The van der Waals surface area contributed by atoms with E-state index in [2.05, 4.69) is 4.98 Å². The summed E-state index contributed by atoms with van der Waals surface area (Å²) in [6.07, 6.45) is 5.57. The van der Waals surface area contributed by atoms with Crippen molar-refractivity contribution in [2.24, 2.45) is 5.41 Å². The zero-order valence-corrected chi connectivity index (χ0v) is 18.9. The summed E-state index contributed by atoms with van der Waals surface area (Å²) >= 11 is 0. The monoisotopic (exact) mass is 440 g/mol. The molecule has 0 unspecified atom stereocenters. The molecule has 0 radical (unpaired) electrons. The third kappa shape index (κ3) is 6.97. The molecule has 3 rings (SSSR count). The minimum absolute atomic E-state index is 0.0510. The third-order valence-electron chi connectivity index (χ3n) is 5.46. The molecular formula is C25H32N2O5. The fourth-order valence-corrected chi connectivity index (χ4v) is 3.83. The summed E-state index contributed by atoms with van der Waals surface area (Å²) < 4.78 is 12.0. The Morgan fingerprint density at radius 2 is 1.78 bits per heavy atom. The second-order valence-corrected chi connectivity index (χ2v) is 9.01. The predicted molar refractivity (Wildman–Crippen MR) is 121 cm³/mol. The summed E-state index contributed by atoms with van der Waals surface area (Å²) in [6, 6.07) is 11.2. The minimum atomic E-state index is -0.896. The number of fused-ring (bicyclic) bond motifs is 2. The van der Waals surface area contributed by atoms with Gasteiger partial charge in [0.1, 0.15) is 0 Å². The Balaban J connectivity index is 1.86. The lowest BCUT2D eigenvalue weighted by Crippen LogP contribution is -2.35. The van der Waals surface area contributed by atoms with Gasteiger partial charge in [-0.1, -0.05) is 44.9 Å². The van der Waals surface area contributed by atoms with Gasteiger partial charge in [-0.2, -0.15) is 0 Å². The summed E-state index contributed by atoms with van der Waals surface area (Å²) in [7, 11) is 0. The van der Waals surface area contributed by atoms with Crippen LogP contribution in [-0.2, 0) is 16.1 Å². The first kappa shape index (κ1) is 23.6. The highest BCUT2D eigenvalue weighted by Gasteiger charge is 2.28. The molecule has 7 heteroatoms. The topological polar surface area (TPSA) is 89.0 Å². The molecule has 2 aromatic rings. The van der Waals surface area contributed by atoms with Crippen LogP contribution < -0.4 is 9.47 Å². The van der Waals surface area contributed by atoms with Crippen molar-refractivity contribution in [1.29, 1.82) is 0 Å². The first-order chi connectivity index (χ1) is 15.3. The Bertz CT molecular complexity index is 928. The molecule has 1 amide bonds. The smallest absolute Gasteiger partial charge is 0.303 e. The molecule has 0 aliphatic carbocycles. The second kappa shape index (κ2) is 11.0. The van der Waals surface area contributed by atoms with Crippen molar-refractivity contribution in [3.63, 3.8) is 0 Å². The van der Waals surface area contributed by atoms with Crippen LogP contribution in [0.1, 0.15) is 57.9 Å². The van der Waals surface area contributed by atoms with Crippen LogP contribution in [0.5, 0.6) is 17.4 Å². The number of rotatable bonds is 4. The summed E-state index contributed by atoms with van der Waals surface area (Å²) in [6.45, 7) is 5.20. The van der Waals surface area contributed by atoms with Crippen LogP contribution in [0, 0.1) is 5.41 Å². The van der Waals surface area contributed by atoms with Crippen LogP contribution in [0.15, 0.2) is 42.6 Å². The van der Waals surface area contributed by atoms with E-state index in [0.29, 0.717) is 37.1 Å². The number of amides is 1. The van der Waals surface area contributed by atoms with Gasteiger partial charge < -0.3 is 19.5 Å². The number of carboxylic acid groups (broad SMARTS) is 1. The van der Waals surface area contributed by atoms with E-state index in [1.807, 2.05) is 55.1 Å².